The fourth-order valence-electron chi connectivity index (χ4n) is 3.85. The van der Waals surface area contributed by atoms with Gasteiger partial charge in [0.25, 0.3) is 0 Å². The summed E-state index contributed by atoms with van der Waals surface area (Å²) >= 11 is 0. The molecule has 2 aromatic rings. The number of methoxy groups -OCH3 is 2. The highest BCUT2D eigenvalue weighted by molar-refractivity contribution is 6.10. The van der Waals surface area contributed by atoms with Gasteiger partial charge in [-0.25, -0.2) is 4.79 Å². The third-order valence-electron chi connectivity index (χ3n) is 5.83. The Morgan fingerprint density at radius 2 is 1.37 bits per heavy atom. The molecule has 0 spiro atoms. The number of carbonyl (C=O) groups excluding carboxylic acids is 3. The SMILES string of the molecule is COc1cc(C=CC(=O)CC(=O)C=Cc2ccc(OC(=O)N3CCCCC3)c(OC)c2)ccc1OCCN. The normalized spacial score (nSPS) is 13.5. The Morgan fingerprint density at radius 3 is 1.92 bits per heavy atom. The largest absolute Gasteiger partial charge is 0.493 e. The lowest BCUT2D eigenvalue weighted by molar-refractivity contribution is -0.121. The summed E-state index contributed by atoms with van der Waals surface area (Å²) in [4.78, 5) is 38.7. The second-order valence-electron chi connectivity index (χ2n) is 8.65. The van der Waals surface area contributed by atoms with Crippen LogP contribution in [0.2, 0.25) is 0 Å². The zero-order valence-electron chi connectivity index (χ0n) is 21.8. The zero-order valence-corrected chi connectivity index (χ0v) is 21.8. The second-order valence-corrected chi connectivity index (χ2v) is 8.65. The minimum Gasteiger partial charge on any atom is -0.493 e. The lowest BCUT2D eigenvalue weighted by atomic mass is 10.1. The third-order valence-corrected chi connectivity index (χ3v) is 5.83. The van der Waals surface area contributed by atoms with Gasteiger partial charge in [0.15, 0.2) is 34.6 Å². The van der Waals surface area contributed by atoms with Gasteiger partial charge in [0.2, 0.25) is 0 Å². The molecule has 1 amide bonds. The molecular formula is C29H34N2O7. The summed E-state index contributed by atoms with van der Waals surface area (Å²) in [5.74, 6) is 1.09. The molecule has 38 heavy (non-hydrogen) atoms. The lowest BCUT2D eigenvalue weighted by Gasteiger charge is -2.25. The van der Waals surface area contributed by atoms with Crippen molar-refractivity contribution in [1.82, 2.24) is 4.90 Å². The number of rotatable bonds is 12. The van der Waals surface area contributed by atoms with Gasteiger partial charge in [0, 0.05) is 19.6 Å². The minimum absolute atomic E-state index is 0.273. The summed E-state index contributed by atoms with van der Waals surface area (Å²) in [5.41, 5.74) is 6.86. The molecule has 0 unspecified atom stereocenters. The maximum Gasteiger partial charge on any atom is 0.415 e. The van der Waals surface area contributed by atoms with Crippen LogP contribution in [0.3, 0.4) is 0 Å². The Hall–Kier alpha value is -4.11. The highest BCUT2D eigenvalue weighted by Crippen LogP contribution is 2.30. The molecule has 1 fully saturated rings. The number of amides is 1. The molecule has 0 radical (unpaired) electrons. The molecule has 0 aromatic heterocycles. The first kappa shape index (κ1) is 28.5. The van der Waals surface area contributed by atoms with Crippen molar-refractivity contribution in [2.75, 3.05) is 40.5 Å². The zero-order chi connectivity index (χ0) is 27.3. The molecule has 3 rings (SSSR count). The molecule has 0 bridgehead atoms. The molecular weight excluding hydrogens is 488 g/mol. The van der Waals surface area contributed by atoms with E-state index in [9.17, 15) is 14.4 Å². The maximum absolute atomic E-state index is 12.4. The van der Waals surface area contributed by atoms with Crippen LogP contribution in [0.25, 0.3) is 12.2 Å². The van der Waals surface area contributed by atoms with Gasteiger partial charge in [0.1, 0.15) is 6.61 Å². The van der Waals surface area contributed by atoms with Crippen molar-refractivity contribution in [3.63, 3.8) is 0 Å². The molecule has 1 saturated heterocycles. The summed E-state index contributed by atoms with van der Waals surface area (Å²) < 4.78 is 21.7. The minimum atomic E-state index is -0.401. The average Bonchev–Trinajstić information content (AvgIpc) is 2.94. The summed E-state index contributed by atoms with van der Waals surface area (Å²) in [5, 5.41) is 0. The average molecular weight is 523 g/mol. The summed E-state index contributed by atoms with van der Waals surface area (Å²) in [6.07, 6.45) is 8.27. The van der Waals surface area contributed by atoms with Crippen molar-refractivity contribution in [2.24, 2.45) is 5.73 Å². The molecule has 9 nitrogen and oxygen atoms in total. The molecule has 1 aliphatic heterocycles. The van der Waals surface area contributed by atoms with E-state index in [4.69, 9.17) is 24.7 Å². The number of hydrogen-bond donors (Lipinski definition) is 1. The predicted octanol–water partition coefficient (Wildman–Crippen LogP) is 4.28. The predicted molar refractivity (Wildman–Crippen MR) is 145 cm³/mol. The maximum atomic E-state index is 12.4. The van der Waals surface area contributed by atoms with E-state index in [2.05, 4.69) is 0 Å². The third kappa shape index (κ3) is 8.48. The van der Waals surface area contributed by atoms with Crippen molar-refractivity contribution >= 4 is 29.8 Å². The van der Waals surface area contributed by atoms with Crippen molar-refractivity contribution in [2.45, 2.75) is 25.7 Å². The first-order valence-corrected chi connectivity index (χ1v) is 12.5. The van der Waals surface area contributed by atoms with Gasteiger partial charge in [-0.1, -0.05) is 24.3 Å². The number of piperidine rings is 1. The smallest absolute Gasteiger partial charge is 0.415 e. The second kappa shape index (κ2) is 14.6. The van der Waals surface area contributed by atoms with E-state index in [0.717, 1.165) is 24.8 Å². The fourth-order valence-corrected chi connectivity index (χ4v) is 3.85. The van der Waals surface area contributed by atoms with Gasteiger partial charge in [-0.05, 0) is 66.8 Å². The Bertz CT molecular complexity index is 1180. The Kier molecular flexibility index (Phi) is 10.9. The number of likely N-dealkylation sites (tertiary alicyclic amines) is 1. The van der Waals surface area contributed by atoms with Gasteiger partial charge >= 0.3 is 6.09 Å². The highest BCUT2D eigenvalue weighted by Gasteiger charge is 2.20. The number of nitrogens with two attached hydrogens (primary N) is 1. The van der Waals surface area contributed by atoms with E-state index in [1.54, 1.807) is 53.5 Å². The number of nitrogens with zero attached hydrogens (tertiary/aromatic N) is 1. The van der Waals surface area contributed by atoms with Crippen LogP contribution in [0.5, 0.6) is 23.0 Å². The van der Waals surface area contributed by atoms with Crippen LogP contribution < -0.4 is 24.7 Å². The number of hydrogen-bond acceptors (Lipinski definition) is 8. The monoisotopic (exact) mass is 522 g/mol. The van der Waals surface area contributed by atoms with E-state index in [-0.39, 0.29) is 18.0 Å². The topological polar surface area (TPSA) is 117 Å². The van der Waals surface area contributed by atoms with Gasteiger partial charge in [0.05, 0.1) is 20.6 Å². The number of carbonyl (C=O) groups is 3. The molecule has 0 atom stereocenters. The van der Waals surface area contributed by atoms with Crippen LogP contribution in [0.1, 0.15) is 36.8 Å². The molecule has 0 aliphatic carbocycles. The Labute approximate surface area is 222 Å². The Balaban J connectivity index is 1.55. The first-order valence-electron chi connectivity index (χ1n) is 12.5. The van der Waals surface area contributed by atoms with Crippen LogP contribution in [-0.2, 0) is 9.59 Å². The molecule has 2 aromatic carbocycles. The van der Waals surface area contributed by atoms with Crippen LogP contribution in [0.15, 0.2) is 48.6 Å². The highest BCUT2D eigenvalue weighted by atomic mass is 16.6. The van der Waals surface area contributed by atoms with Crippen molar-refractivity contribution < 1.29 is 33.3 Å². The lowest BCUT2D eigenvalue weighted by Crippen LogP contribution is -2.37. The van der Waals surface area contributed by atoms with Crippen molar-refractivity contribution in [3.05, 3.63) is 59.7 Å². The van der Waals surface area contributed by atoms with Crippen molar-refractivity contribution in [1.29, 1.82) is 0 Å². The van der Waals surface area contributed by atoms with Gasteiger partial charge in [-0.15, -0.1) is 0 Å². The number of allylic oxidation sites excluding steroid dienone is 2. The quantitative estimate of drug-likeness (QED) is 0.324. The van der Waals surface area contributed by atoms with E-state index >= 15 is 0 Å². The van der Waals surface area contributed by atoms with Crippen molar-refractivity contribution in [3.8, 4) is 23.0 Å². The molecule has 1 aliphatic rings. The van der Waals surface area contributed by atoms with Crippen LogP contribution in [0, 0.1) is 0 Å². The molecule has 0 saturated carbocycles. The molecule has 202 valence electrons. The van der Waals surface area contributed by atoms with Crippen LogP contribution in [-0.4, -0.2) is 63.0 Å². The number of ketones is 2. The summed E-state index contributed by atoms with van der Waals surface area (Å²) in [7, 11) is 3.01. The van der Waals surface area contributed by atoms with Crippen LogP contribution >= 0.6 is 0 Å². The standard InChI is InChI=1S/C29H34N2O7/c1-35-27-18-21(8-12-25(27)37-17-14-30)6-10-23(32)20-24(33)11-7-22-9-13-26(28(19-22)36-2)38-29(34)31-15-4-3-5-16-31/h6-13,18-19H,3-5,14-17,20,30H2,1-2H3. The molecule has 9 heteroatoms. The summed E-state index contributed by atoms with van der Waals surface area (Å²) in [6, 6.07) is 10.2. The van der Waals surface area contributed by atoms with Gasteiger partial charge in [-0.2, -0.15) is 0 Å². The van der Waals surface area contributed by atoms with E-state index < -0.39 is 6.09 Å². The van der Waals surface area contributed by atoms with E-state index in [1.807, 2.05) is 0 Å². The fraction of sp³-hybridized carbons (Fsp3) is 0.345. The molecule has 2 N–H and O–H groups in total. The van der Waals surface area contributed by atoms with Crippen LogP contribution in [0.4, 0.5) is 4.79 Å². The molecule has 1 heterocycles. The van der Waals surface area contributed by atoms with E-state index in [1.165, 1.54) is 26.4 Å². The first-order chi connectivity index (χ1) is 18.4. The van der Waals surface area contributed by atoms with Gasteiger partial charge < -0.3 is 29.6 Å². The van der Waals surface area contributed by atoms with E-state index in [0.29, 0.717) is 54.8 Å². The number of benzene rings is 2. The number of ether oxygens (including phenoxy) is 4. The Morgan fingerprint density at radius 1 is 0.816 bits per heavy atom. The van der Waals surface area contributed by atoms with Gasteiger partial charge in [-0.3, -0.25) is 9.59 Å². The summed E-state index contributed by atoms with van der Waals surface area (Å²) in [6.45, 7) is 2.11.